The minimum absolute atomic E-state index is 0.282. The van der Waals surface area contributed by atoms with Gasteiger partial charge in [-0.3, -0.25) is 4.79 Å². The molecule has 6 nitrogen and oxygen atoms in total. The van der Waals surface area contributed by atoms with Crippen LogP contribution in [0.4, 0.5) is 0 Å². The monoisotopic (exact) mass is 481 g/mol. The zero-order chi connectivity index (χ0) is 24.6. The van der Waals surface area contributed by atoms with Gasteiger partial charge in [0.25, 0.3) is 0 Å². The van der Waals surface area contributed by atoms with E-state index in [0.29, 0.717) is 11.8 Å². The van der Waals surface area contributed by atoms with Crippen LogP contribution in [0.1, 0.15) is 19.3 Å². The summed E-state index contributed by atoms with van der Waals surface area (Å²) in [5.74, 6) is 3.66. The number of carbonyl (C=O) groups is 1. The zero-order valence-corrected chi connectivity index (χ0v) is 20.8. The van der Waals surface area contributed by atoms with Gasteiger partial charge < -0.3 is 18.9 Å². The van der Waals surface area contributed by atoms with Crippen molar-refractivity contribution < 1.29 is 14.3 Å². The lowest BCUT2D eigenvalue weighted by Gasteiger charge is -2.18. The number of benzene rings is 3. The smallest absolute Gasteiger partial charge is 0.225 e. The third-order valence-corrected chi connectivity index (χ3v) is 7.49. The van der Waals surface area contributed by atoms with Crippen molar-refractivity contribution in [2.45, 2.75) is 25.8 Å². The SMILES string of the molecule is COc1ccc(-c2ccc(-c3nc4cc(OC)ccc4n3CC3CCN(C(=O)C4CC4)C3)cc2)cc1. The highest BCUT2D eigenvalue weighted by Gasteiger charge is 2.36. The number of likely N-dealkylation sites (tertiary alicyclic amines) is 1. The molecule has 1 saturated carbocycles. The molecule has 4 aromatic rings. The van der Waals surface area contributed by atoms with Crippen LogP contribution in [-0.4, -0.2) is 47.7 Å². The molecule has 6 heteroatoms. The minimum atomic E-state index is 0.282. The van der Waals surface area contributed by atoms with Crippen molar-refractivity contribution in [3.05, 3.63) is 66.7 Å². The van der Waals surface area contributed by atoms with Crippen LogP contribution in [0.3, 0.4) is 0 Å². The van der Waals surface area contributed by atoms with Gasteiger partial charge in [0.05, 0.1) is 25.3 Å². The van der Waals surface area contributed by atoms with E-state index in [4.69, 9.17) is 14.5 Å². The number of carbonyl (C=O) groups excluding carboxylic acids is 1. The lowest BCUT2D eigenvalue weighted by Crippen LogP contribution is -2.30. The molecule has 0 radical (unpaired) electrons. The molecule has 1 amide bonds. The Morgan fingerprint density at radius 2 is 1.50 bits per heavy atom. The van der Waals surface area contributed by atoms with Gasteiger partial charge in [0.1, 0.15) is 17.3 Å². The van der Waals surface area contributed by atoms with Gasteiger partial charge in [0.15, 0.2) is 0 Å². The van der Waals surface area contributed by atoms with E-state index in [1.165, 1.54) is 0 Å². The molecule has 2 fully saturated rings. The molecule has 36 heavy (non-hydrogen) atoms. The van der Waals surface area contributed by atoms with Crippen molar-refractivity contribution in [2.75, 3.05) is 27.3 Å². The summed E-state index contributed by atoms with van der Waals surface area (Å²) in [6, 6.07) is 22.8. The van der Waals surface area contributed by atoms with E-state index < -0.39 is 0 Å². The number of fused-ring (bicyclic) bond motifs is 1. The van der Waals surface area contributed by atoms with Gasteiger partial charge in [0, 0.05) is 37.2 Å². The second-order valence-electron chi connectivity index (χ2n) is 9.92. The van der Waals surface area contributed by atoms with E-state index in [1.807, 2.05) is 24.3 Å². The predicted octanol–water partition coefficient (Wildman–Crippen LogP) is 5.65. The number of methoxy groups -OCH3 is 2. The first kappa shape index (κ1) is 22.7. The van der Waals surface area contributed by atoms with E-state index in [9.17, 15) is 4.79 Å². The van der Waals surface area contributed by atoms with Crippen molar-refractivity contribution in [3.8, 4) is 34.0 Å². The molecular formula is C30H31N3O3. The number of hydrogen-bond acceptors (Lipinski definition) is 4. The van der Waals surface area contributed by atoms with Crippen LogP contribution in [-0.2, 0) is 11.3 Å². The summed E-state index contributed by atoms with van der Waals surface area (Å²) in [4.78, 5) is 19.7. The molecule has 2 heterocycles. The number of hydrogen-bond donors (Lipinski definition) is 0. The predicted molar refractivity (Wildman–Crippen MR) is 141 cm³/mol. The number of ether oxygens (including phenoxy) is 2. The quantitative estimate of drug-likeness (QED) is 0.343. The first-order valence-corrected chi connectivity index (χ1v) is 12.7. The number of rotatable bonds is 7. The van der Waals surface area contributed by atoms with Crippen molar-refractivity contribution in [3.63, 3.8) is 0 Å². The molecule has 0 bridgehead atoms. The first-order chi connectivity index (χ1) is 17.6. The molecule has 1 aliphatic carbocycles. The van der Waals surface area contributed by atoms with Crippen molar-refractivity contribution in [1.82, 2.24) is 14.5 Å². The number of amides is 1. The van der Waals surface area contributed by atoms with E-state index in [2.05, 4.69) is 51.9 Å². The zero-order valence-electron chi connectivity index (χ0n) is 20.8. The van der Waals surface area contributed by atoms with Gasteiger partial charge >= 0.3 is 0 Å². The second kappa shape index (κ2) is 9.34. The summed E-state index contributed by atoms with van der Waals surface area (Å²) < 4.78 is 13.1. The van der Waals surface area contributed by atoms with Gasteiger partial charge in [-0.2, -0.15) is 0 Å². The molecule has 0 N–H and O–H groups in total. The molecule has 1 atom stereocenters. The molecular weight excluding hydrogens is 450 g/mol. The van der Waals surface area contributed by atoms with E-state index in [0.717, 1.165) is 83.9 Å². The fourth-order valence-electron chi connectivity index (χ4n) is 5.27. The van der Waals surface area contributed by atoms with Crippen LogP contribution in [0.5, 0.6) is 11.5 Å². The molecule has 1 saturated heterocycles. The van der Waals surface area contributed by atoms with Crippen LogP contribution in [0.25, 0.3) is 33.5 Å². The van der Waals surface area contributed by atoms with Crippen LogP contribution < -0.4 is 9.47 Å². The molecule has 2 aliphatic rings. The topological polar surface area (TPSA) is 56.6 Å². The Bertz CT molecular complexity index is 1390. The Balaban J connectivity index is 1.31. The maximum Gasteiger partial charge on any atom is 0.225 e. The van der Waals surface area contributed by atoms with Gasteiger partial charge in [-0.1, -0.05) is 36.4 Å². The van der Waals surface area contributed by atoms with Crippen LogP contribution >= 0.6 is 0 Å². The van der Waals surface area contributed by atoms with Crippen molar-refractivity contribution in [1.29, 1.82) is 0 Å². The summed E-state index contributed by atoms with van der Waals surface area (Å²) in [5, 5.41) is 0. The maximum atomic E-state index is 12.6. The highest BCUT2D eigenvalue weighted by atomic mass is 16.5. The number of nitrogens with zero attached hydrogens (tertiary/aromatic N) is 3. The molecule has 184 valence electrons. The Kier molecular flexibility index (Phi) is 5.88. The van der Waals surface area contributed by atoms with Gasteiger partial charge in [-0.15, -0.1) is 0 Å². The third-order valence-electron chi connectivity index (χ3n) is 7.49. The van der Waals surface area contributed by atoms with Crippen LogP contribution in [0.2, 0.25) is 0 Å². The Morgan fingerprint density at radius 3 is 2.17 bits per heavy atom. The molecule has 0 spiro atoms. The summed E-state index contributed by atoms with van der Waals surface area (Å²) in [5.41, 5.74) is 5.39. The lowest BCUT2D eigenvalue weighted by atomic mass is 10.0. The number of aromatic nitrogens is 2. The van der Waals surface area contributed by atoms with Gasteiger partial charge in [-0.05, 0) is 60.6 Å². The minimum Gasteiger partial charge on any atom is -0.497 e. The fourth-order valence-corrected chi connectivity index (χ4v) is 5.27. The van der Waals surface area contributed by atoms with Crippen LogP contribution in [0.15, 0.2) is 66.7 Å². The normalized spacial score (nSPS) is 17.5. The Hall–Kier alpha value is -3.80. The van der Waals surface area contributed by atoms with E-state index in [1.54, 1.807) is 14.2 Å². The first-order valence-electron chi connectivity index (χ1n) is 12.7. The van der Waals surface area contributed by atoms with Gasteiger partial charge in [0.2, 0.25) is 5.91 Å². The summed E-state index contributed by atoms with van der Waals surface area (Å²) in [7, 11) is 3.36. The largest absolute Gasteiger partial charge is 0.497 e. The standard InChI is InChI=1S/C30H31N3O3/c1-35-25-11-9-22(10-12-25)21-3-5-23(6-4-21)29-31-27-17-26(36-2)13-14-28(27)33(29)19-20-15-16-32(18-20)30(34)24-7-8-24/h3-6,9-14,17,20,24H,7-8,15-16,18-19H2,1-2H3. The Labute approximate surface area is 211 Å². The average molecular weight is 482 g/mol. The lowest BCUT2D eigenvalue weighted by molar-refractivity contribution is -0.131. The maximum absolute atomic E-state index is 12.6. The summed E-state index contributed by atoms with van der Waals surface area (Å²) >= 11 is 0. The third kappa shape index (κ3) is 4.32. The molecule has 1 unspecified atom stereocenters. The second-order valence-corrected chi connectivity index (χ2v) is 9.92. The Morgan fingerprint density at radius 1 is 0.861 bits per heavy atom. The average Bonchev–Trinajstić information content (AvgIpc) is 3.58. The van der Waals surface area contributed by atoms with E-state index >= 15 is 0 Å². The summed E-state index contributed by atoms with van der Waals surface area (Å²) in [6.07, 6.45) is 3.15. The highest BCUT2D eigenvalue weighted by molar-refractivity contribution is 5.83. The highest BCUT2D eigenvalue weighted by Crippen LogP contribution is 2.35. The number of imidazole rings is 1. The summed E-state index contributed by atoms with van der Waals surface area (Å²) in [6.45, 7) is 2.54. The van der Waals surface area contributed by atoms with Gasteiger partial charge in [-0.25, -0.2) is 4.98 Å². The fraction of sp³-hybridized carbons (Fsp3) is 0.333. The van der Waals surface area contributed by atoms with E-state index in [-0.39, 0.29) is 5.92 Å². The molecule has 1 aromatic heterocycles. The van der Waals surface area contributed by atoms with Crippen molar-refractivity contribution >= 4 is 16.9 Å². The van der Waals surface area contributed by atoms with Crippen LogP contribution in [0, 0.1) is 11.8 Å². The molecule has 1 aliphatic heterocycles. The molecule has 6 rings (SSSR count). The van der Waals surface area contributed by atoms with Crippen molar-refractivity contribution in [2.24, 2.45) is 11.8 Å². The molecule has 3 aromatic carbocycles.